The predicted octanol–water partition coefficient (Wildman–Crippen LogP) is 2.54. The average molecular weight is 224 g/mol. The maximum absolute atomic E-state index is 12.8. The van der Waals surface area contributed by atoms with E-state index in [0.29, 0.717) is 13.8 Å². The summed E-state index contributed by atoms with van der Waals surface area (Å²) in [5, 5.41) is 8.43. The fraction of sp³-hybridized carbons (Fsp3) is 1.00. The van der Waals surface area contributed by atoms with Gasteiger partial charge in [0, 0.05) is 0 Å². The van der Waals surface area contributed by atoms with E-state index in [0.717, 1.165) is 0 Å². The van der Waals surface area contributed by atoms with Crippen LogP contribution in [0.3, 0.4) is 0 Å². The summed E-state index contributed by atoms with van der Waals surface area (Å²) >= 11 is 0. The Labute approximate surface area is 76.7 Å². The molecule has 1 nitrogen and oxygen atoms in total. The minimum atomic E-state index is -5.63. The standard InChI is InChI=1S/C7H10F6O/c1-5(2,3-14)6(9,10)4(8)7(11,12)13/h4,14H,3H2,1-2H3. The molecule has 0 rings (SSSR count). The van der Waals surface area contributed by atoms with E-state index in [-0.39, 0.29) is 0 Å². The van der Waals surface area contributed by atoms with Crippen molar-refractivity contribution in [2.24, 2.45) is 5.41 Å². The third kappa shape index (κ3) is 2.31. The summed E-state index contributed by atoms with van der Waals surface area (Å²) in [5.74, 6) is -4.65. The van der Waals surface area contributed by atoms with Gasteiger partial charge in [-0.2, -0.15) is 13.2 Å². The zero-order valence-electron chi connectivity index (χ0n) is 7.50. The molecule has 0 heterocycles. The molecule has 1 atom stereocenters. The zero-order chi connectivity index (χ0) is 11.8. The van der Waals surface area contributed by atoms with Gasteiger partial charge in [0.1, 0.15) is 0 Å². The molecule has 0 saturated carbocycles. The van der Waals surface area contributed by atoms with E-state index >= 15 is 0 Å². The number of aliphatic hydroxyl groups excluding tert-OH is 1. The molecule has 0 aromatic heterocycles. The fourth-order valence-electron chi connectivity index (χ4n) is 0.654. The lowest BCUT2D eigenvalue weighted by atomic mass is 9.83. The fourth-order valence-corrected chi connectivity index (χ4v) is 0.654. The Balaban J connectivity index is 4.96. The summed E-state index contributed by atoms with van der Waals surface area (Å²) < 4.78 is 73.1. The Morgan fingerprint density at radius 1 is 1.07 bits per heavy atom. The highest BCUT2D eigenvalue weighted by molar-refractivity contribution is 4.94. The Bertz CT molecular complexity index is 197. The number of rotatable bonds is 3. The van der Waals surface area contributed by atoms with Crippen molar-refractivity contribution in [3.05, 3.63) is 0 Å². The number of hydrogen-bond donors (Lipinski definition) is 1. The predicted molar refractivity (Wildman–Crippen MR) is 36.8 cm³/mol. The van der Waals surface area contributed by atoms with Crippen LogP contribution in [0.1, 0.15) is 13.8 Å². The Kier molecular flexibility index (Phi) is 3.48. The van der Waals surface area contributed by atoms with Crippen molar-refractivity contribution in [1.82, 2.24) is 0 Å². The summed E-state index contributed by atoms with van der Waals surface area (Å²) in [6.07, 6.45) is -9.90. The molecule has 0 aliphatic heterocycles. The lowest BCUT2D eigenvalue weighted by molar-refractivity contribution is -0.276. The van der Waals surface area contributed by atoms with E-state index in [1.165, 1.54) is 0 Å². The summed E-state index contributed by atoms with van der Waals surface area (Å²) in [4.78, 5) is 0. The van der Waals surface area contributed by atoms with E-state index in [9.17, 15) is 26.3 Å². The van der Waals surface area contributed by atoms with Crippen LogP contribution in [0.5, 0.6) is 0 Å². The molecule has 0 amide bonds. The minimum absolute atomic E-state index is 0.658. The van der Waals surface area contributed by atoms with Gasteiger partial charge in [0.05, 0.1) is 12.0 Å². The number of alkyl halides is 6. The molecule has 7 heteroatoms. The van der Waals surface area contributed by atoms with E-state index in [1.807, 2.05) is 0 Å². The molecule has 0 saturated heterocycles. The second kappa shape index (κ2) is 3.60. The second-order valence-corrected chi connectivity index (χ2v) is 3.57. The maximum atomic E-state index is 12.8. The molecule has 0 spiro atoms. The van der Waals surface area contributed by atoms with E-state index < -0.39 is 30.3 Å². The first kappa shape index (κ1) is 13.5. The summed E-state index contributed by atoms with van der Waals surface area (Å²) in [6.45, 7) is 0.0765. The molecule has 0 radical (unpaired) electrons. The molecule has 0 bridgehead atoms. The van der Waals surface area contributed by atoms with Crippen molar-refractivity contribution in [3.63, 3.8) is 0 Å². The quantitative estimate of drug-likeness (QED) is 0.730. The molecule has 86 valence electrons. The smallest absolute Gasteiger partial charge is 0.396 e. The van der Waals surface area contributed by atoms with Gasteiger partial charge in [-0.1, -0.05) is 13.8 Å². The monoisotopic (exact) mass is 224 g/mol. The van der Waals surface area contributed by atoms with Crippen LogP contribution in [0.4, 0.5) is 26.3 Å². The van der Waals surface area contributed by atoms with Gasteiger partial charge in [0.15, 0.2) is 0 Å². The lowest BCUT2D eigenvalue weighted by Gasteiger charge is -2.34. The topological polar surface area (TPSA) is 20.2 Å². The third-order valence-electron chi connectivity index (χ3n) is 1.90. The molecule has 0 aromatic carbocycles. The SMILES string of the molecule is CC(C)(CO)C(F)(F)C(F)C(F)(F)F. The van der Waals surface area contributed by atoms with Crippen LogP contribution in [0, 0.1) is 5.41 Å². The Morgan fingerprint density at radius 2 is 1.43 bits per heavy atom. The third-order valence-corrected chi connectivity index (χ3v) is 1.90. The lowest BCUT2D eigenvalue weighted by Crippen LogP contribution is -2.52. The highest BCUT2D eigenvalue weighted by Gasteiger charge is 2.63. The summed E-state index contributed by atoms with van der Waals surface area (Å²) in [6, 6.07) is 0. The van der Waals surface area contributed by atoms with Gasteiger partial charge >= 0.3 is 6.18 Å². The molecule has 14 heavy (non-hydrogen) atoms. The van der Waals surface area contributed by atoms with Crippen LogP contribution in [0.25, 0.3) is 0 Å². The van der Waals surface area contributed by atoms with Crippen molar-refractivity contribution in [2.45, 2.75) is 32.1 Å². The van der Waals surface area contributed by atoms with Crippen molar-refractivity contribution in [1.29, 1.82) is 0 Å². The van der Waals surface area contributed by atoms with Crippen LogP contribution in [0.2, 0.25) is 0 Å². The van der Waals surface area contributed by atoms with E-state index in [4.69, 9.17) is 5.11 Å². The molecular weight excluding hydrogens is 214 g/mol. The Hall–Kier alpha value is -0.460. The summed E-state index contributed by atoms with van der Waals surface area (Å²) in [5.41, 5.74) is -2.46. The van der Waals surface area contributed by atoms with Crippen molar-refractivity contribution >= 4 is 0 Å². The van der Waals surface area contributed by atoms with Crippen LogP contribution < -0.4 is 0 Å². The second-order valence-electron chi connectivity index (χ2n) is 3.57. The highest BCUT2D eigenvalue weighted by Crippen LogP contribution is 2.45. The largest absolute Gasteiger partial charge is 0.425 e. The molecular formula is C7H10F6O. The van der Waals surface area contributed by atoms with Crippen LogP contribution >= 0.6 is 0 Å². The van der Waals surface area contributed by atoms with Crippen LogP contribution in [-0.4, -0.2) is 30.0 Å². The highest BCUT2D eigenvalue weighted by atomic mass is 19.4. The Morgan fingerprint density at radius 3 is 1.64 bits per heavy atom. The average Bonchev–Trinajstić information content (AvgIpc) is 2.01. The molecule has 0 aliphatic rings. The molecule has 0 aromatic rings. The van der Waals surface area contributed by atoms with Crippen molar-refractivity contribution in [2.75, 3.05) is 6.61 Å². The number of hydrogen-bond acceptors (Lipinski definition) is 1. The first-order chi connectivity index (χ1) is 5.97. The van der Waals surface area contributed by atoms with Gasteiger partial charge in [0.25, 0.3) is 12.1 Å². The molecule has 0 aliphatic carbocycles. The van der Waals surface area contributed by atoms with E-state index in [2.05, 4.69) is 0 Å². The van der Waals surface area contributed by atoms with Crippen molar-refractivity contribution in [3.8, 4) is 0 Å². The molecule has 0 fully saturated rings. The summed E-state index contributed by atoms with van der Waals surface area (Å²) in [7, 11) is 0. The van der Waals surface area contributed by atoms with Crippen LogP contribution in [-0.2, 0) is 0 Å². The molecule has 1 unspecified atom stereocenters. The van der Waals surface area contributed by atoms with E-state index in [1.54, 1.807) is 0 Å². The normalized spacial score (nSPS) is 16.9. The first-order valence-electron chi connectivity index (χ1n) is 3.66. The van der Waals surface area contributed by atoms with Gasteiger partial charge in [-0.3, -0.25) is 0 Å². The van der Waals surface area contributed by atoms with Gasteiger partial charge < -0.3 is 5.11 Å². The van der Waals surface area contributed by atoms with Gasteiger partial charge in [-0.05, 0) is 0 Å². The maximum Gasteiger partial charge on any atom is 0.425 e. The number of aliphatic hydroxyl groups is 1. The van der Waals surface area contributed by atoms with Gasteiger partial charge in [-0.25, -0.2) is 13.2 Å². The minimum Gasteiger partial charge on any atom is -0.396 e. The van der Waals surface area contributed by atoms with Crippen molar-refractivity contribution < 1.29 is 31.4 Å². The van der Waals surface area contributed by atoms with Gasteiger partial charge in [-0.15, -0.1) is 0 Å². The zero-order valence-corrected chi connectivity index (χ0v) is 7.50. The number of halogens is 6. The first-order valence-corrected chi connectivity index (χ1v) is 3.66. The van der Waals surface area contributed by atoms with Gasteiger partial charge in [0.2, 0.25) is 0 Å². The molecule has 1 N–H and O–H groups in total. The van der Waals surface area contributed by atoms with Crippen LogP contribution in [0.15, 0.2) is 0 Å².